The standard InChI is InChI=1S/C15H17N3O/c1-11-8-12(15(16)19)5-6-13(11)9-17-10-14-4-2-3-7-18-14/h2-8,17H,9-10H2,1H3,(H2,16,19). The fourth-order valence-corrected chi connectivity index (χ4v) is 1.88. The average Bonchev–Trinajstić information content (AvgIpc) is 2.41. The van der Waals surface area contributed by atoms with Gasteiger partial charge in [0, 0.05) is 24.8 Å². The highest BCUT2D eigenvalue weighted by atomic mass is 16.1. The van der Waals surface area contributed by atoms with Crippen molar-refractivity contribution < 1.29 is 4.79 Å². The molecule has 1 aromatic heterocycles. The minimum absolute atomic E-state index is 0.393. The van der Waals surface area contributed by atoms with Crippen molar-refractivity contribution in [3.8, 4) is 0 Å². The maximum Gasteiger partial charge on any atom is 0.248 e. The molecule has 0 radical (unpaired) electrons. The molecule has 0 fully saturated rings. The van der Waals surface area contributed by atoms with Crippen molar-refractivity contribution in [1.82, 2.24) is 10.3 Å². The normalized spacial score (nSPS) is 10.4. The van der Waals surface area contributed by atoms with E-state index in [1.807, 2.05) is 37.3 Å². The summed E-state index contributed by atoms with van der Waals surface area (Å²) in [6, 6.07) is 11.4. The van der Waals surface area contributed by atoms with Crippen molar-refractivity contribution in [2.24, 2.45) is 5.73 Å². The Kier molecular flexibility index (Phi) is 4.26. The lowest BCUT2D eigenvalue weighted by molar-refractivity contribution is 0.1000. The van der Waals surface area contributed by atoms with Gasteiger partial charge in [-0.25, -0.2) is 0 Å². The smallest absolute Gasteiger partial charge is 0.248 e. The van der Waals surface area contributed by atoms with Gasteiger partial charge in [-0.2, -0.15) is 0 Å². The van der Waals surface area contributed by atoms with Crippen LogP contribution in [0.5, 0.6) is 0 Å². The molecule has 1 amide bonds. The Morgan fingerprint density at radius 3 is 2.74 bits per heavy atom. The number of primary amides is 1. The molecule has 2 aromatic rings. The second kappa shape index (κ2) is 6.11. The van der Waals surface area contributed by atoms with E-state index in [1.165, 1.54) is 0 Å². The summed E-state index contributed by atoms with van der Waals surface area (Å²) in [6.45, 7) is 3.43. The Labute approximate surface area is 112 Å². The molecule has 0 atom stereocenters. The minimum Gasteiger partial charge on any atom is -0.366 e. The van der Waals surface area contributed by atoms with Crippen LogP contribution in [0.2, 0.25) is 0 Å². The Morgan fingerprint density at radius 1 is 1.26 bits per heavy atom. The van der Waals surface area contributed by atoms with Gasteiger partial charge in [-0.1, -0.05) is 12.1 Å². The SMILES string of the molecule is Cc1cc(C(N)=O)ccc1CNCc1ccccn1. The maximum absolute atomic E-state index is 11.1. The van der Waals surface area contributed by atoms with Gasteiger partial charge in [0.15, 0.2) is 0 Å². The van der Waals surface area contributed by atoms with Crippen molar-refractivity contribution in [2.75, 3.05) is 0 Å². The predicted molar refractivity (Wildman–Crippen MR) is 74.5 cm³/mol. The number of nitrogens with zero attached hydrogens (tertiary/aromatic N) is 1. The number of amides is 1. The van der Waals surface area contributed by atoms with Crippen LogP contribution < -0.4 is 11.1 Å². The Hall–Kier alpha value is -2.20. The lowest BCUT2D eigenvalue weighted by Gasteiger charge is -2.08. The third-order valence-corrected chi connectivity index (χ3v) is 2.97. The van der Waals surface area contributed by atoms with E-state index in [-0.39, 0.29) is 0 Å². The van der Waals surface area contributed by atoms with E-state index in [2.05, 4.69) is 10.3 Å². The van der Waals surface area contributed by atoms with E-state index in [1.54, 1.807) is 12.3 Å². The third kappa shape index (κ3) is 3.63. The van der Waals surface area contributed by atoms with E-state index in [4.69, 9.17) is 5.73 Å². The van der Waals surface area contributed by atoms with E-state index in [9.17, 15) is 4.79 Å². The molecule has 0 aliphatic heterocycles. The number of hydrogen-bond donors (Lipinski definition) is 2. The maximum atomic E-state index is 11.1. The van der Waals surface area contributed by atoms with Gasteiger partial charge in [0.05, 0.1) is 5.69 Å². The molecule has 98 valence electrons. The van der Waals surface area contributed by atoms with Gasteiger partial charge in [0.25, 0.3) is 0 Å². The number of rotatable bonds is 5. The first kappa shape index (κ1) is 13.2. The van der Waals surface area contributed by atoms with Gasteiger partial charge in [-0.15, -0.1) is 0 Å². The van der Waals surface area contributed by atoms with Crippen LogP contribution in [-0.4, -0.2) is 10.9 Å². The molecule has 0 bridgehead atoms. The van der Waals surface area contributed by atoms with Crippen LogP contribution in [0.3, 0.4) is 0 Å². The summed E-state index contributed by atoms with van der Waals surface area (Å²) in [5, 5.41) is 3.33. The van der Waals surface area contributed by atoms with Crippen molar-refractivity contribution in [1.29, 1.82) is 0 Å². The lowest BCUT2D eigenvalue weighted by Crippen LogP contribution is -2.15. The average molecular weight is 255 g/mol. The molecule has 0 saturated carbocycles. The second-order valence-corrected chi connectivity index (χ2v) is 4.43. The number of nitrogens with two attached hydrogens (primary N) is 1. The summed E-state index contributed by atoms with van der Waals surface area (Å²) in [5.74, 6) is -0.393. The van der Waals surface area contributed by atoms with Gasteiger partial charge in [0.1, 0.15) is 0 Å². The van der Waals surface area contributed by atoms with Crippen molar-refractivity contribution in [3.05, 3.63) is 65.0 Å². The van der Waals surface area contributed by atoms with Crippen molar-refractivity contribution in [3.63, 3.8) is 0 Å². The predicted octanol–water partition coefficient (Wildman–Crippen LogP) is 1.78. The van der Waals surface area contributed by atoms with E-state index >= 15 is 0 Å². The molecule has 2 rings (SSSR count). The Balaban J connectivity index is 1.95. The largest absolute Gasteiger partial charge is 0.366 e. The number of nitrogens with one attached hydrogen (secondary N) is 1. The van der Waals surface area contributed by atoms with Crippen LogP contribution in [-0.2, 0) is 13.1 Å². The summed E-state index contributed by atoms with van der Waals surface area (Å²) in [7, 11) is 0. The summed E-state index contributed by atoms with van der Waals surface area (Å²) < 4.78 is 0. The monoisotopic (exact) mass is 255 g/mol. The van der Waals surface area contributed by atoms with Crippen LogP contribution in [0, 0.1) is 6.92 Å². The fourth-order valence-electron chi connectivity index (χ4n) is 1.88. The topological polar surface area (TPSA) is 68.0 Å². The zero-order valence-electron chi connectivity index (χ0n) is 10.9. The summed E-state index contributed by atoms with van der Waals surface area (Å²) >= 11 is 0. The van der Waals surface area contributed by atoms with Gasteiger partial charge in [-0.3, -0.25) is 9.78 Å². The first-order valence-corrected chi connectivity index (χ1v) is 6.17. The van der Waals surface area contributed by atoms with Crippen molar-refractivity contribution >= 4 is 5.91 Å². The molecule has 1 heterocycles. The van der Waals surface area contributed by atoms with Gasteiger partial charge in [0.2, 0.25) is 5.91 Å². The lowest BCUT2D eigenvalue weighted by atomic mass is 10.0. The zero-order chi connectivity index (χ0) is 13.7. The van der Waals surface area contributed by atoms with E-state index < -0.39 is 5.91 Å². The van der Waals surface area contributed by atoms with Crippen molar-refractivity contribution in [2.45, 2.75) is 20.0 Å². The highest BCUT2D eigenvalue weighted by Gasteiger charge is 2.04. The first-order chi connectivity index (χ1) is 9.16. The molecule has 0 unspecified atom stereocenters. The van der Waals surface area contributed by atoms with Crippen LogP contribution in [0.15, 0.2) is 42.6 Å². The zero-order valence-corrected chi connectivity index (χ0v) is 10.9. The molecular formula is C15H17N3O. The number of carbonyl (C=O) groups is 1. The summed E-state index contributed by atoms with van der Waals surface area (Å²) in [6.07, 6.45) is 1.78. The Morgan fingerprint density at radius 2 is 2.11 bits per heavy atom. The van der Waals surface area contributed by atoms with Crippen LogP contribution in [0.1, 0.15) is 27.2 Å². The van der Waals surface area contributed by atoms with Gasteiger partial charge in [-0.05, 0) is 42.3 Å². The quantitative estimate of drug-likeness (QED) is 0.855. The van der Waals surface area contributed by atoms with Crippen LogP contribution in [0.25, 0.3) is 0 Å². The molecule has 19 heavy (non-hydrogen) atoms. The number of aromatic nitrogens is 1. The molecule has 0 spiro atoms. The highest BCUT2D eigenvalue weighted by molar-refractivity contribution is 5.93. The summed E-state index contributed by atoms with van der Waals surface area (Å²) in [5.41, 5.74) is 9.02. The number of carbonyl (C=O) groups excluding carboxylic acids is 1. The second-order valence-electron chi connectivity index (χ2n) is 4.43. The van der Waals surface area contributed by atoms with E-state index in [0.29, 0.717) is 5.56 Å². The first-order valence-electron chi connectivity index (χ1n) is 6.17. The Bertz CT molecular complexity index is 567. The molecule has 0 aliphatic carbocycles. The molecule has 1 aromatic carbocycles. The van der Waals surface area contributed by atoms with Gasteiger partial charge < -0.3 is 11.1 Å². The number of pyridine rings is 1. The molecule has 3 N–H and O–H groups in total. The minimum atomic E-state index is -0.393. The fraction of sp³-hybridized carbons (Fsp3) is 0.200. The van der Waals surface area contributed by atoms with Crippen LogP contribution in [0.4, 0.5) is 0 Å². The van der Waals surface area contributed by atoms with E-state index in [0.717, 1.165) is 29.9 Å². The number of aryl methyl sites for hydroxylation is 1. The number of hydrogen-bond acceptors (Lipinski definition) is 3. The molecule has 0 aliphatic rings. The van der Waals surface area contributed by atoms with Crippen LogP contribution >= 0.6 is 0 Å². The molecule has 4 nitrogen and oxygen atoms in total. The molecule has 0 saturated heterocycles. The molecular weight excluding hydrogens is 238 g/mol. The summed E-state index contributed by atoms with van der Waals surface area (Å²) in [4.78, 5) is 15.3. The number of benzene rings is 1. The highest BCUT2D eigenvalue weighted by Crippen LogP contribution is 2.10. The van der Waals surface area contributed by atoms with Gasteiger partial charge >= 0.3 is 0 Å². The third-order valence-electron chi connectivity index (χ3n) is 2.97. The molecule has 4 heteroatoms.